The monoisotopic (exact) mass is 296 g/mol. The molecule has 21 heavy (non-hydrogen) atoms. The molecule has 2 aliphatic rings. The third kappa shape index (κ3) is 4.99. The first-order chi connectivity index (χ1) is 10.1. The van der Waals surface area contributed by atoms with Crippen molar-refractivity contribution in [2.75, 3.05) is 13.1 Å². The van der Waals surface area contributed by atoms with Gasteiger partial charge in [0, 0.05) is 19.5 Å². The topological polar surface area (TPSA) is 69.6 Å². The maximum atomic E-state index is 12.3. The number of amides is 2. The van der Waals surface area contributed by atoms with Crippen LogP contribution < -0.4 is 5.32 Å². The zero-order valence-electron chi connectivity index (χ0n) is 13.0. The van der Waals surface area contributed by atoms with E-state index >= 15 is 0 Å². The van der Waals surface area contributed by atoms with Crippen LogP contribution in [0.2, 0.25) is 0 Å². The molecule has 0 aromatic rings. The Labute approximate surface area is 127 Å². The summed E-state index contributed by atoms with van der Waals surface area (Å²) in [6.45, 7) is 2.93. The molecule has 1 aliphatic heterocycles. The van der Waals surface area contributed by atoms with E-state index in [1.165, 1.54) is 19.3 Å². The molecular formula is C16H28N2O3. The minimum atomic E-state index is -0.462. The molecule has 5 heteroatoms. The lowest BCUT2D eigenvalue weighted by molar-refractivity contribution is -0.137. The lowest BCUT2D eigenvalue weighted by Crippen LogP contribution is -2.50. The highest BCUT2D eigenvalue weighted by atomic mass is 16.3. The Morgan fingerprint density at radius 1 is 1.14 bits per heavy atom. The average molecular weight is 296 g/mol. The van der Waals surface area contributed by atoms with Crippen molar-refractivity contribution in [3.8, 4) is 0 Å². The molecule has 2 N–H and O–H groups in total. The lowest BCUT2D eigenvalue weighted by Gasteiger charge is -2.32. The van der Waals surface area contributed by atoms with Crippen LogP contribution >= 0.6 is 0 Å². The number of likely N-dealkylation sites (tertiary alicyclic amines) is 1. The third-order valence-corrected chi connectivity index (χ3v) is 4.72. The Bertz CT molecular complexity index is 359. The van der Waals surface area contributed by atoms with Gasteiger partial charge in [0.25, 0.3) is 0 Å². The van der Waals surface area contributed by atoms with Gasteiger partial charge in [0.1, 0.15) is 6.04 Å². The normalized spacial score (nSPS) is 22.9. The number of carbonyl (C=O) groups is 2. The highest BCUT2D eigenvalue weighted by molar-refractivity contribution is 5.87. The number of aliphatic hydroxyl groups excluding tert-OH is 1. The average Bonchev–Trinajstić information content (AvgIpc) is 2.48. The minimum Gasteiger partial charge on any atom is -0.393 e. The minimum absolute atomic E-state index is 0.000191. The van der Waals surface area contributed by atoms with Crippen molar-refractivity contribution in [1.82, 2.24) is 10.2 Å². The molecule has 2 amide bonds. The first-order valence-electron chi connectivity index (χ1n) is 8.32. The van der Waals surface area contributed by atoms with Gasteiger partial charge in [0.05, 0.1) is 6.10 Å². The van der Waals surface area contributed by atoms with Crippen molar-refractivity contribution in [2.45, 2.75) is 70.4 Å². The molecule has 2 fully saturated rings. The van der Waals surface area contributed by atoms with Crippen molar-refractivity contribution >= 4 is 11.8 Å². The van der Waals surface area contributed by atoms with Gasteiger partial charge < -0.3 is 15.3 Å². The summed E-state index contributed by atoms with van der Waals surface area (Å²) in [6.07, 6.45) is 7.54. The van der Waals surface area contributed by atoms with Crippen molar-refractivity contribution in [3.63, 3.8) is 0 Å². The predicted molar refractivity (Wildman–Crippen MR) is 80.6 cm³/mol. The predicted octanol–water partition coefficient (Wildman–Crippen LogP) is 1.44. The highest BCUT2D eigenvalue weighted by Gasteiger charge is 2.26. The van der Waals surface area contributed by atoms with Crippen LogP contribution in [0.25, 0.3) is 0 Å². The van der Waals surface area contributed by atoms with E-state index in [1.807, 2.05) is 0 Å². The smallest absolute Gasteiger partial charge is 0.244 e. The van der Waals surface area contributed by atoms with Crippen molar-refractivity contribution < 1.29 is 14.7 Å². The number of hydrogen-bond acceptors (Lipinski definition) is 3. The summed E-state index contributed by atoms with van der Waals surface area (Å²) in [7, 11) is 0. The van der Waals surface area contributed by atoms with Crippen LogP contribution in [0.3, 0.4) is 0 Å². The fourth-order valence-corrected chi connectivity index (χ4v) is 3.38. The van der Waals surface area contributed by atoms with Gasteiger partial charge in [0.2, 0.25) is 11.8 Å². The van der Waals surface area contributed by atoms with Gasteiger partial charge in [0.15, 0.2) is 0 Å². The second-order valence-electron chi connectivity index (χ2n) is 6.55. The van der Waals surface area contributed by atoms with Gasteiger partial charge in [-0.1, -0.05) is 19.3 Å². The van der Waals surface area contributed by atoms with Crippen LogP contribution in [0.4, 0.5) is 0 Å². The Balaban J connectivity index is 1.73. The molecule has 1 heterocycles. The molecule has 1 saturated carbocycles. The lowest BCUT2D eigenvalue weighted by atomic mass is 9.87. The molecule has 120 valence electrons. The Hall–Kier alpha value is -1.10. The summed E-state index contributed by atoms with van der Waals surface area (Å²) in [5.74, 6) is 0.463. The van der Waals surface area contributed by atoms with E-state index in [0.717, 1.165) is 12.8 Å². The standard InChI is InChI=1S/C16H28N2O3/c1-12(16(21)18-9-7-14(19)8-10-18)17-15(20)11-13-5-3-2-4-6-13/h12-14,19H,2-11H2,1H3,(H,17,20). The van der Waals surface area contributed by atoms with Gasteiger partial charge in [-0.15, -0.1) is 0 Å². The van der Waals surface area contributed by atoms with Crippen molar-refractivity contribution in [2.24, 2.45) is 5.92 Å². The summed E-state index contributed by atoms with van der Waals surface area (Å²) in [4.78, 5) is 26.0. The zero-order chi connectivity index (χ0) is 15.2. The largest absolute Gasteiger partial charge is 0.393 e. The molecule has 1 atom stereocenters. The van der Waals surface area contributed by atoms with Gasteiger partial charge >= 0.3 is 0 Å². The molecular weight excluding hydrogens is 268 g/mol. The van der Waals surface area contributed by atoms with Gasteiger partial charge in [-0.05, 0) is 38.5 Å². The van der Waals surface area contributed by atoms with E-state index < -0.39 is 6.04 Å². The molecule has 0 bridgehead atoms. The highest BCUT2D eigenvalue weighted by Crippen LogP contribution is 2.26. The van der Waals surface area contributed by atoms with E-state index in [4.69, 9.17) is 0 Å². The Morgan fingerprint density at radius 3 is 2.38 bits per heavy atom. The molecule has 0 aromatic heterocycles. The Kier molecular flexibility index (Phi) is 6.03. The number of nitrogens with one attached hydrogen (secondary N) is 1. The van der Waals surface area contributed by atoms with Crippen LogP contribution in [0.15, 0.2) is 0 Å². The molecule has 1 unspecified atom stereocenters. The van der Waals surface area contributed by atoms with E-state index in [-0.39, 0.29) is 17.9 Å². The van der Waals surface area contributed by atoms with Crippen LogP contribution in [0.1, 0.15) is 58.3 Å². The Morgan fingerprint density at radius 2 is 1.76 bits per heavy atom. The van der Waals surface area contributed by atoms with Gasteiger partial charge in [-0.25, -0.2) is 0 Å². The number of nitrogens with zero attached hydrogens (tertiary/aromatic N) is 1. The number of hydrogen-bond donors (Lipinski definition) is 2. The second kappa shape index (κ2) is 7.78. The summed E-state index contributed by atoms with van der Waals surface area (Å²) < 4.78 is 0. The van der Waals surface area contributed by atoms with E-state index in [1.54, 1.807) is 11.8 Å². The zero-order valence-corrected chi connectivity index (χ0v) is 13.0. The van der Waals surface area contributed by atoms with Crippen LogP contribution in [0.5, 0.6) is 0 Å². The summed E-state index contributed by atoms with van der Waals surface area (Å²) in [5, 5.41) is 12.3. The van der Waals surface area contributed by atoms with Crippen LogP contribution in [-0.4, -0.2) is 47.1 Å². The molecule has 2 rings (SSSR count). The van der Waals surface area contributed by atoms with Crippen molar-refractivity contribution in [1.29, 1.82) is 0 Å². The number of piperidine rings is 1. The molecule has 0 spiro atoms. The first kappa shape index (κ1) is 16.3. The van der Waals surface area contributed by atoms with Gasteiger partial charge in [-0.3, -0.25) is 9.59 Å². The molecule has 1 aliphatic carbocycles. The summed E-state index contributed by atoms with van der Waals surface area (Å²) in [6, 6.07) is -0.462. The second-order valence-corrected chi connectivity index (χ2v) is 6.55. The third-order valence-electron chi connectivity index (χ3n) is 4.72. The maximum Gasteiger partial charge on any atom is 0.244 e. The fraction of sp³-hybridized carbons (Fsp3) is 0.875. The SMILES string of the molecule is CC(NC(=O)CC1CCCCC1)C(=O)N1CCC(O)CC1. The van der Waals surface area contributed by atoms with E-state index in [9.17, 15) is 14.7 Å². The molecule has 0 aromatic carbocycles. The molecule has 0 radical (unpaired) electrons. The summed E-state index contributed by atoms with van der Waals surface area (Å²) >= 11 is 0. The summed E-state index contributed by atoms with van der Waals surface area (Å²) in [5.41, 5.74) is 0. The van der Waals surface area contributed by atoms with Crippen LogP contribution in [0, 0.1) is 5.92 Å². The number of aliphatic hydroxyl groups is 1. The first-order valence-corrected chi connectivity index (χ1v) is 8.32. The van der Waals surface area contributed by atoms with Gasteiger partial charge in [-0.2, -0.15) is 0 Å². The quantitative estimate of drug-likeness (QED) is 0.825. The number of rotatable bonds is 4. The van der Waals surface area contributed by atoms with Crippen molar-refractivity contribution in [3.05, 3.63) is 0 Å². The van der Waals surface area contributed by atoms with Crippen LogP contribution in [-0.2, 0) is 9.59 Å². The maximum absolute atomic E-state index is 12.3. The fourth-order valence-electron chi connectivity index (χ4n) is 3.38. The number of carbonyl (C=O) groups excluding carboxylic acids is 2. The van der Waals surface area contributed by atoms with E-state index in [2.05, 4.69) is 5.32 Å². The molecule has 1 saturated heterocycles. The van der Waals surface area contributed by atoms with E-state index in [0.29, 0.717) is 38.3 Å². The molecule has 5 nitrogen and oxygen atoms in total.